The van der Waals surface area contributed by atoms with Crippen molar-refractivity contribution in [2.45, 2.75) is 66.0 Å². The van der Waals surface area contributed by atoms with Crippen LogP contribution in [0.4, 0.5) is 4.39 Å². The maximum atomic E-state index is 13.0. The molecule has 1 N–H and O–H groups in total. The summed E-state index contributed by atoms with van der Waals surface area (Å²) < 4.78 is 13.0. The highest BCUT2D eigenvalue weighted by Crippen LogP contribution is 2.46. The Hall–Kier alpha value is -0.890. The van der Waals surface area contributed by atoms with Crippen molar-refractivity contribution in [3.63, 3.8) is 0 Å². The van der Waals surface area contributed by atoms with Crippen molar-refractivity contribution in [2.24, 2.45) is 10.8 Å². The summed E-state index contributed by atoms with van der Waals surface area (Å²) in [6.07, 6.45) is 3.70. The van der Waals surface area contributed by atoms with Crippen LogP contribution in [-0.4, -0.2) is 6.04 Å². The number of hydrogen-bond donors (Lipinski definition) is 1. The first kappa shape index (κ1) is 15.5. The van der Waals surface area contributed by atoms with E-state index in [0.29, 0.717) is 16.9 Å². The highest BCUT2D eigenvalue weighted by atomic mass is 19.1. The minimum absolute atomic E-state index is 0.166. The molecule has 0 aliphatic heterocycles. The number of rotatable bonds is 3. The van der Waals surface area contributed by atoms with E-state index >= 15 is 0 Å². The third-order valence-electron chi connectivity index (χ3n) is 4.41. The lowest BCUT2D eigenvalue weighted by Crippen LogP contribution is -2.44. The lowest BCUT2D eigenvalue weighted by molar-refractivity contribution is 0.0811. The maximum absolute atomic E-state index is 13.0. The summed E-state index contributed by atoms with van der Waals surface area (Å²) in [5.74, 6) is -0.166. The lowest BCUT2D eigenvalue weighted by atomic mass is 9.63. The lowest BCUT2D eigenvalue weighted by Gasteiger charge is -2.46. The molecule has 0 heterocycles. The fraction of sp³-hybridized carbons (Fsp3) is 0.667. The fourth-order valence-corrected chi connectivity index (χ4v) is 4.17. The van der Waals surface area contributed by atoms with E-state index in [1.54, 1.807) is 12.1 Å². The van der Waals surface area contributed by atoms with Crippen LogP contribution in [0.1, 0.15) is 65.5 Å². The molecule has 1 saturated carbocycles. The second-order valence-electron chi connectivity index (χ2n) is 8.05. The molecule has 1 atom stereocenters. The molecule has 20 heavy (non-hydrogen) atoms. The Morgan fingerprint density at radius 3 is 2.05 bits per heavy atom. The highest BCUT2D eigenvalue weighted by molar-refractivity contribution is 5.19. The third kappa shape index (κ3) is 4.05. The van der Waals surface area contributed by atoms with E-state index in [1.165, 1.54) is 19.3 Å². The minimum Gasteiger partial charge on any atom is -0.307 e. The molecular formula is C18H28FN. The normalized spacial score (nSPS) is 23.5. The van der Waals surface area contributed by atoms with Gasteiger partial charge < -0.3 is 5.32 Å². The molecular weight excluding hydrogens is 249 g/mol. The molecule has 1 fully saturated rings. The van der Waals surface area contributed by atoms with Gasteiger partial charge in [0.15, 0.2) is 0 Å². The summed E-state index contributed by atoms with van der Waals surface area (Å²) in [4.78, 5) is 0. The topological polar surface area (TPSA) is 12.0 Å². The molecule has 0 saturated heterocycles. The van der Waals surface area contributed by atoms with E-state index in [-0.39, 0.29) is 11.9 Å². The van der Waals surface area contributed by atoms with Gasteiger partial charge in [0.25, 0.3) is 0 Å². The summed E-state index contributed by atoms with van der Waals surface area (Å²) in [5, 5.41) is 3.74. The van der Waals surface area contributed by atoms with Gasteiger partial charge in [-0.15, -0.1) is 0 Å². The van der Waals surface area contributed by atoms with Gasteiger partial charge >= 0.3 is 0 Å². The number of halogens is 1. The Labute approximate surface area is 123 Å². The van der Waals surface area contributed by atoms with E-state index in [4.69, 9.17) is 0 Å². The molecule has 1 aromatic carbocycles. The van der Waals surface area contributed by atoms with Gasteiger partial charge in [-0.05, 0) is 54.7 Å². The van der Waals surface area contributed by atoms with Gasteiger partial charge in [-0.1, -0.05) is 39.8 Å². The summed E-state index contributed by atoms with van der Waals surface area (Å²) in [7, 11) is 0. The molecule has 0 bridgehead atoms. The van der Waals surface area contributed by atoms with Gasteiger partial charge in [0.1, 0.15) is 5.82 Å². The fourth-order valence-electron chi connectivity index (χ4n) is 4.17. The average Bonchev–Trinajstić information content (AvgIpc) is 2.25. The van der Waals surface area contributed by atoms with Crippen molar-refractivity contribution < 1.29 is 4.39 Å². The molecule has 1 aromatic rings. The van der Waals surface area contributed by atoms with E-state index < -0.39 is 0 Å². The van der Waals surface area contributed by atoms with Crippen LogP contribution in [0.25, 0.3) is 0 Å². The average molecular weight is 277 g/mol. The molecule has 2 rings (SSSR count). The number of hydrogen-bond acceptors (Lipinski definition) is 1. The summed E-state index contributed by atoms with van der Waals surface area (Å²) in [6, 6.07) is 7.65. The van der Waals surface area contributed by atoms with Crippen molar-refractivity contribution in [2.75, 3.05) is 0 Å². The third-order valence-corrected chi connectivity index (χ3v) is 4.41. The first-order chi connectivity index (χ1) is 9.17. The molecule has 112 valence electrons. The van der Waals surface area contributed by atoms with Gasteiger partial charge in [-0.25, -0.2) is 4.39 Å². The van der Waals surface area contributed by atoms with Crippen LogP contribution in [0.3, 0.4) is 0 Å². The van der Waals surface area contributed by atoms with E-state index in [0.717, 1.165) is 5.56 Å². The van der Waals surface area contributed by atoms with Crippen LogP contribution in [0, 0.1) is 16.6 Å². The van der Waals surface area contributed by atoms with Gasteiger partial charge in [-0.3, -0.25) is 0 Å². The second kappa shape index (κ2) is 5.48. The van der Waals surface area contributed by atoms with E-state index in [9.17, 15) is 4.39 Å². The van der Waals surface area contributed by atoms with Crippen molar-refractivity contribution in [1.29, 1.82) is 0 Å². The highest BCUT2D eigenvalue weighted by Gasteiger charge is 2.38. The summed E-state index contributed by atoms with van der Waals surface area (Å²) >= 11 is 0. The number of nitrogens with one attached hydrogen (secondary N) is 1. The van der Waals surface area contributed by atoms with Gasteiger partial charge in [0, 0.05) is 12.1 Å². The largest absolute Gasteiger partial charge is 0.307 e. The standard InChI is InChI=1S/C18H28FN/c1-13(14-6-8-15(19)9-7-14)20-16-10-17(2,3)12-18(4,5)11-16/h6-9,13,16,20H,10-12H2,1-5H3. The maximum Gasteiger partial charge on any atom is 0.123 e. The van der Waals surface area contributed by atoms with Crippen LogP contribution in [0.5, 0.6) is 0 Å². The smallest absolute Gasteiger partial charge is 0.123 e. The van der Waals surface area contributed by atoms with E-state index in [1.807, 2.05) is 12.1 Å². The van der Waals surface area contributed by atoms with Gasteiger partial charge in [0.05, 0.1) is 0 Å². The van der Waals surface area contributed by atoms with Gasteiger partial charge in [0.2, 0.25) is 0 Å². The zero-order valence-corrected chi connectivity index (χ0v) is 13.5. The van der Waals surface area contributed by atoms with Crippen LogP contribution in [0.15, 0.2) is 24.3 Å². The molecule has 2 heteroatoms. The van der Waals surface area contributed by atoms with Crippen molar-refractivity contribution in [3.8, 4) is 0 Å². The van der Waals surface area contributed by atoms with Crippen LogP contribution in [0.2, 0.25) is 0 Å². The molecule has 0 spiro atoms. The minimum atomic E-state index is -0.166. The van der Waals surface area contributed by atoms with Crippen molar-refractivity contribution in [1.82, 2.24) is 5.32 Å². The molecule has 1 aliphatic rings. The Morgan fingerprint density at radius 2 is 1.55 bits per heavy atom. The van der Waals surface area contributed by atoms with Crippen molar-refractivity contribution in [3.05, 3.63) is 35.6 Å². The summed E-state index contributed by atoms with van der Waals surface area (Å²) in [5.41, 5.74) is 1.94. The SMILES string of the molecule is CC(NC1CC(C)(C)CC(C)(C)C1)c1ccc(F)cc1. The van der Waals surface area contributed by atoms with Crippen LogP contribution < -0.4 is 5.32 Å². The quantitative estimate of drug-likeness (QED) is 0.812. The monoisotopic (exact) mass is 277 g/mol. The molecule has 1 nitrogen and oxygen atoms in total. The first-order valence-electron chi connectivity index (χ1n) is 7.68. The van der Waals surface area contributed by atoms with Crippen molar-refractivity contribution >= 4 is 0 Å². The zero-order valence-electron chi connectivity index (χ0n) is 13.5. The zero-order chi connectivity index (χ0) is 15.0. The number of benzene rings is 1. The predicted molar refractivity (Wildman–Crippen MR) is 83.2 cm³/mol. The van der Waals surface area contributed by atoms with Crippen LogP contribution >= 0.6 is 0 Å². The molecule has 0 amide bonds. The molecule has 0 aromatic heterocycles. The Balaban J connectivity index is 2.03. The predicted octanol–water partition coefficient (Wildman–Crippen LogP) is 5.08. The van der Waals surface area contributed by atoms with Crippen LogP contribution in [-0.2, 0) is 0 Å². The Bertz CT molecular complexity index is 431. The Morgan fingerprint density at radius 1 is 1.05 bits per heavy atom. The first-order valence-corrected chi connectivity index (χ1v) is 7.68. The molecule has 1 unspecified atom stereocenters. The molecule has 1 aliphatic carbocycles. The second-order valence-corrected chi connectivity index (χ2v) is 8.05. The summed E-state index contributed by atoms with van der Waals surface area (Å²) in [6.45, 7) is 11.6. The van der Waals surface area contributed by atoms with E-state index in [2.05, 4.69) is 39.9 Å². The Kier molecular flexibility index (Phi) is 4.24. The molecule has 0 radical (unpaired) electrons. The van der Waals surface area contributed by atoms with Gasteiger partial charge in [-0.2, -0.15) is 0 Å².